The number of halogens is 1. The molecule has 1 unspecified atom stereocenters. The van der Waals surface area contributed by atoms with Crippen molar-refractivity contribution in [3.8, 4) is 0 Å². The maximum Gasteiger partial charge on any atom is 0.191 e. The van der Waals surface area contributed by atoms with Gasteiger partial charge in [-0.05, 0) is 26.8 Å². The Balaban J connectivity index is 0.00000200. The maximum absolute atomic E-state index is 5.73. The first-order valence-electron chi connectivity index (χ1n) is 7.28. The van der Waals surface area contributed by atoms with Crippen LogP contribution >= 0.6 is 24.0 Å². The number of rotatable bonds is 4. The van der Waals surface area contributed by atoms with E-state index >= 15 is 0 Å². The summed E-state index contributed by atoms with van der Waals surface area (Å²) in [6.07, 6.45) is 6.84. The quantitative estimate of drug-likeness (QED) is 0.326. The smallest absolute Gasteiger partial charge is 0.191 e. The number of guanidine groups is 1. The molecule has 0 bridgehead atoms. The van der Waals surface area contributed by atoms with Gasteiger partial charge in [0.05, 0.1) is 19.3 Å². The lowest BCUT2D eigenvalue weighted by Gasteiger charge is -2.29. The molecule has 1 atom stereocenters. The van der Waals surface area contributed by atoms with Crippen LogP contribution in [-0.2, 0) is 4.74 Å². The summed E-state index contributed by atoms with van der Waals surface area (Å²) in [6.45, 7) is 6.50. The van der Waals surface area contributed by atoms with E-state index in [1.54, 1.807) is 0 Å². The third kappa shape index (κ3) is 5.97. The van der Waals surface area contributed by atoms with Crippen molar-refractivity contribution in [3.05, 3.63) is 12.2 Å². The summed E-state index contributed by atoms with van der Waals surface area (Å²) in [5, 5.41) is 6.78. The molecule has 2 aliphatic rings. The molecule has 0 amide bonds. The number of nitrogens with zero attached hydrogens (tertiary/aromatic N) is 2. The van der Waals surface area contributed by atoms with Crippen LogP contribution in [0.5, 0.6) is 0 Å². The molecule has 1 aliphatic carbocycles. The topological polar surface area (TPSA) is 48.9 Å². The van der Waals surface area contributed by atoms with Crippen LogP contribution in [0.15, 0.2) is 17.1 Å². The number of morpholine rings is 1. The van der Waals surface area contributed by atoms with Crippen LogP contribution in [0.3, 0.4) is 0 Å². The summed E-state index contributed by atoms with van der Waals surface area (Å²) in [5.41, 5.74) is 0. The number of ether oxygens (including phenoxy) is 1. The summed E-state index contributed by atoms with van der Waals surface area (Å²) in [7, 11) is 2.13. The molecular formula is C14H27IN4O. The Morgan fingerprint density at radius 1 is 1.40 bits per heavy atom. The van der Waals surface area contributed by atoms with E-state index in [4.69, 9.17) is 4.74 Å². The van der Waals surface area contributed by atoms with E-state index in [1.807, 2.05) is 0 Å². The Labute approximate surface area is 139 Å². The van der Waals surface area contributed by atoms with Crippen LogP contribution in [0.4, 0.5) is 0 Å². The van der Waals surface area contributed by atoms with Gasteiger partial charge in [0.1, 0.15) is 0 Å². The van der Waals surface area contributed by atoms with Crippen molar-refractivity contribution in [2.45, 2.75) is 31.9 Å². The third-order valence-electron chi connectivity index (χ3n) is 3.49. The van der Waals surface area contributed by atoms with Gasteiger partial charge >= 0.3 is 0 Å². The second kappa shape index (κ2) is 9.57. The highest BCUT2D eigenvalue weighted by Gasteiger charge is 2.18. The fraction of sp³-hybridized carbons (Fsp3) is 0.786. The lowest BCUT2D eigenvalue weighted by atomic mass is 10.2. The highest BCUT2D eigenvalue weighted by Crippen LogP contribution is 2.09. The van der Waals surface area contributed by atoms with Gasteiger partial charge in [0, 0.05) is 25.7 Å². The van der Waals surface area contributed by atoms with Gasteiger partial charge < -0.3 is 20.3 Å². The third-order valence-corrected chi connectivity index (χ3v) is 3.49. The first kappa shape index (κ1) is 17.7. The molecule has 0 spiro atoms. The molecule has 0 aromatic rings. The molecule has 0 aromatic heterocycles. The SMILES string of the molecule is CCNC(=NCC1CN(C)CCO1)NC1CC=CC1.I. The normalized spacial score (nSPS) is 24.5. The van der Waals surface area contributed by atoms with Crippen molar-refractivity contribution in [1.82, 2.24) is 15.5 Å². The predicted octanol–water partition coefficient (Wildman–Crippen LogP) is 1.21. The van der Waals surface area contributed by atoms with Gasteiger partial charge in [0.2, 0.25) is 0 Å². The maximum atomic E-state index is 5.73. The van der Waals surface area contributed by atoms with Crippen molar-refractivity contribution < 1.29 is 4.74 Å². The Hall–Kier alpha value is -0.340. The van der Waals surface area contributed by atoms with Crippen molar-refractivity contribution >= 4 is 29.9 Å². The number of aliphatic imine (C=N–C) groups is 1. The van der Waals surface area contributed by atoms with Gasteiger partial charge in [0.25, 0.3) is 0 Å². The standard InChI is InChI=1S/C14H26N4O.HI/c1-3-15-14(17-12-6-4-5-7-12)16-10-13-11-18(2)8-9-19-13;/h4-5,12-13H,3,6-11H2,1-2H3,(H2,15,16,17);1H. The summed E-state index contributed by atoms with van der Waals surface area (Å²) in [6, 6.07) is 0.493. The van der Waals surface area contributed by atoms with E-state index in [0.717, 1.165) is 51.6 Å². The first-order valence-corrected chi connectivity index (χ1v) is 7.28. The highest BCUT2D eigenvalue weighted by molar-refractivity contribution is 14.0. The molecule has 5 nitrogen and oxygen atoms in total. The number of hydrogen-bond donors (Lipinski definition) is 2. The fourth-order valence-corrected chi connectivity index (χ4v) is 2.42. The molecule has 20 heavy (non-hydrogen) atoms. The number of hydrogen-bond acceptors (Lipinski definition) is 3. The zero-order valence-electron chi connectivity index (χ0n) is 12.5. The van der Waals surface area contributed by atoms with E-state index in [0.29, 0.717) is 6.04 Å². The molecule has 2 N–H and O–H groups in total. The molecule has 1 aliphatic heterocycles. The second-order valence-corrected chi connectivity index (χ2v) is 5.26. The van der Waals surface area contributed by atoms with Gasteiger partial charge in [-0.15, -0.1) is 24.0 Å². The van der Waals surface area contributed by atoms with Crippen LogP contribution in [0, 0.1) is 0 Å². The van der Waals surface area contributed by atoms with Gasteiger partial charge in [-0.1, -0.05) is 12.2 Å². The van der Waals surface area contributed by atoms with E-state index in [1.165, 1.54) is 0 Å². The van der Waals surface area contributed by atoms with Gasteiger partial charge in [-0.2, -0.15) is 0 Å². The fourth-order valence-electron chi connectivity index (χ4n) is 2.42. The van der Waals surface area contributed by atoms with Crippen LogP contribution in [0.25, 0.3) is 0 Å². The highest BCUT2D eigenvalue weighted by atomic mass is 127. The average Bonchev–Trinajstić information content (AvgIpc) is 2.89. The van der Waals surface area contributed by atoms with Crippen molar-refractivity contribution in [3.63, 3.8) is 0 Å². The first-order chi connectivity index (χ1) is 9.28. The zero-order chi connectivity index (χ0) is 13.5. The summed E-state index contributed by atoms with van der Waals surface area (Å²) in [4.78, 5) is 6.95. The van der Waals surface area contributed by atoms with Crippen LogP contribution < -0.4 is 10.6 Å². The van der Waals surface area contributed by atoms with Crippen LogP contribution in [0.1, 0.15) is 19.8 Å². The Kier molecular flexibility index (Phi) is 8.47. The van der Waals surface area contributed by atoms with Crippen molar-refractivity contribution in [2.24, 2.45) is 4.99 Å². The average molecular weight is 394 g/mol. The Bertz CT molecular complexity index is 327. The summed E-state index contributed by atoms with van der Waals surface area (Å²) >= 11 is 0. The summed E-state index contributed by atoms with van der Waals surface area (Å²) < 4.78 is 5.73. The predicted molar refractivity (Wildman–Crippen MR) is 93.9 cm³/mol. The lowest BCUT2D eigenvalue weighted by Crippen LogP contribution is -2.45. The molecule has 1 saturated heterocycles. The van der Waals surface area contributed by atoms with E-state index < -0.39 is 0 Å². The molecule has 2 rings (SSSR count). The van der Waals surface area contributed by atoms with Crippen LogP contribution in [0.2, 0.25) is 0 Å². The van der Waals surface area contributed by atoms with Crippen molar-refractivity contribution in [2.75, 3.05) is 39.8 Å². The molecule has 0 saturated carbocycles. The second-order valence-electron chi connectivity index (χ2n) is 5.26. The summed E-state index contributed by atoms with van der Waals surface area (Å²) in [5.74, 6) is 0.910. The lowest BCUT2D eigenvalue weighted by molar-refractivity contribution is -0.0136. The molecule has 0 aromatic carbocycles. The van der Waals surface area contributed by atoms with E-state index in [2.05, 4.69) is 46.6 Å². The largest absolute Gasteiger partial charge is 0.374 e. The molecule has 1 heterocycles. The van der Waals surface area contributed by atoms with Crippen LogP contribution in [-0.4, -0.2) is 62.8 Å². The molecular weight excluding hydrogens is 367 g/mol. The van der Waals surface area contributed by atoms with E-state index in [-0.39, 0.29) is 30.1 Å². The number of nitrogens with one attached hydrogen (secondary N) is 2. The van der Waals surface area contributed by atoms with Gasteiger partial charge in [-0.3, -0.25) is 4.99 Å². The zero-order valence-corrected chi connectivity index (χ0v) is 14.8. The minimum absolute atomic E-state index is 0. The van der Waals surface area contributed by atoms with Gasteiger partial charge in [-0.25, -0.2) is 0 Å². The van der Waals surface area contributed by atoms with E-state index in [9.17, 15) is 0 Å². The molecule has 116 valence electrons. The monoisotopic (exact) mass is 394 g/mol. The Morgan fingerprint density at radius 2 is 2.15 bits per heavy atom. The Morgan fingerprint density at radius 3 is 2.80 bits per heavy atom. The molecule has 6 heteroatoms. The molecule has 0 radical (unpaired) electrons. The minimum Gasteiger partial charge on any atom is -0.374 e. The molecule has 1 fully saturated rings. The van der Waals surface area contributed by atoms with Crippen molar-refractivity contribution in [1.29, 1.82) is 0 Å². The van der Waals surface area contributed by atoms with Gasteiger partial charge in [0.15, 0.2) is 5.96 Å². The minimum atomic E-state index is 0. The number of likely N-dealkylation sites (N-methyl/N-ethyl adjacent to an activating group) is 1.